The highest BCUT2D eigenvalue weighted by Crippen LogP contribution is 2.26. The highest BCUT2D eigenvalue weighted by atomic mass is 19.4. The molecular formula is C15H12F3N5O7. The highest BCUT2D eigenvalue weighted by molar-refractivity contribution is 5.81. The van der Waals surface area contributed by atoms with Gasteiger partial charge in [-0.1, -0.05) is 12.1 Å². The van der Waals surface area contributed by atoms with Crippen molar-refractivity contribution in [2.45, 2.75) is 18.9 Å². The van der Waals surface area contributed by atoms with Gasteiger partial charge in [-0.05, 0) is 6.07 Å². The number of halogens is 3. The van der Waals surface area contributed by atoms with Crippen molar-refractivity contribution in [3.8, 4) is 17.1 Å². The molecule has 0 bridgehead atoms. The fraction of sp³-hybridized carbons (Fsp3) is 0.267. The SMILES string of the molecule is O=C(O)CN(Cc1ccc(-c2nncnn2)cc1O)C(OC(=O)C(F)(F)F)C(=O)O. The summed E-state index contributed by atoms with van der Waals surface area (Å²) in [6, 6.07) is 3.70. The van der Waals surface area contributed by atoms with Gasteiger partial charge in [0.1, 0.15) is 12.3 Å². The van der Waals surface area contributed by atoms with Gasteiger partial charge in [-0.3, -0.25) is 4.79 Å². The minimum atomic E-state index is -5.50. The number of hydrogen-bond donors (Lipinski definition) is 3. The zero-order chi connectivity index (χ0) is 22.5. The molecule has 0 aliphatic rings. The van der Waals surface area contributed by atoms with Crippen LogP contribution in [-0.2, 0) is 25.7 Å². The van der Waals surface area contributed by atoms with Crippen LogP contribution in [0.4, 0.5) is 13.2 Å². The Kier molecular flexibility index (Phi) is 6.78. The molecule has 15 heteroatoms. The molecule has 1 aromatic carbocycles. The van der Waals surface area contributed by atoms with Crippen LogP contribution in [0, 0.1) is 0 Å². The number of alkyl halides is 3. The van der Waals surface area contributed by atoms with E-state index in [-0.39, 0.29) is 17.0 Å². The number of aliphatic carboxylic acids is 2. The van der Waals surface area contributed by atoms with E-state index in [9.17, 15) is 32.7 Å². The third-order valence-electron chi connectivity index (χ3n) is 3.46. The van der Waals surface area contributed by atoms with Crippen LogP contribution in [0.2, 0.25) is 0 Å². The predicted octanol–water partition coefficient (Wildman–Crippen LogP) is 0.0420. The standard InChI is InChI=1S/C15H12F3N5O7/c16-15(17,18)14(29)30-12(13(27)28)23(5-10(25)26)4-8-2-1-7(3-9(8)24)11-21-19-6-20-22-11/h1-3,6,12,24H,4-5H2,(H,25,26)(H,27,28). The third-order valence-corrected chi connectivity index (χ3v) is 3.46. The molecule has 1 atom stereocenters. The molecule has 2 aromatic rings. The minimum absolute atomic E-state index is 0.0317. The van der Waals surface area contributed by atoms with Crippen LogP contribution >= 0.6 is 0 Å². The Labute approximate surface area is 164 Å². The van der Waals surface area contributed by atoms with Crippen molar-refractivity contribution in [2.24, 2.45) is 0 Å². The Morgan fingerprint density at radius 3 is 2.27 bits per heavy atom. The number of carboxylic acids is 2. The van der Waals surface area contributed by atoms with Crippen molar-refractivity contribution >= 4 is 17.9 Å². The normalized spacial score (nSPS) is 12.4. The number of hydrogen-bond acceptors (Lipinski definition) is 10. The largest absolute Gasteiger partial charge is 0.508 e. The maximum absolute atomic E-state index is 12.4. The van der Waals surface area contributed by atoms with Crippen LogP contribution in [0.25, 0.3) is 11.4 Å². The van der Waals surface area contributed by atoms with E-state index in [1.807, 2.05) is 0 Å². The number of phenolic OH excluding ortho intramolecular Hbond substituents is 1. The summed E-state index contributed by atoms with van der Waals surface area (Å²) in [5.74, 6) is -6.92. The lowest BCUT2D eigenvalue weighted by Gasteiger charge is -2.27. The summed E-state index contributed by atoms with van der Waals surface area (Å²) in [4.78, 5) is 33.8. The Balaban J connectivity index is 2.31. The maximum Gasteiger partial charge on any atom is 0.491 e. The first kappa shape index (κ1) is 22.4. The first-order valence-electron chi connectivity index (χ1n) is 7.78. The average molecular weight is 431 g/mol. The second-order valence-corrected chi connectivity index (χ2v) is 5.61. The van der Waals surface area contributed by atoms with Gasteiger partial charge in [0.15, 0.2) is 6.33 Å². The molecule has 0 radical (unpaired) electrons. The highest BCUT2D eigenvalue weighted by Gasteiger charge is 2.45. The topological polar surface area (TPSA) is 176 Å². The van der Waals surface area contributed by atoms with E-state index in [1.54, 1.807) is 0 Å². The summed E-state index contributed by atoms with van der Waals surface area (Å²) < 4.78 is 41.2. The van der Waals surface area contributed by atoms with Crippen LogP contribution in [0.1, 0.15) is 5.56 Å². The number of ether oxygens (including phenoxy) is 1. The number of aromatic hydroxyl groups is 1. The molecule has 0 saturated heterocycles. The molecule has 30 heavy (non-hydrogen) atoms. The number of carbonyl (C=O) groups excluding carboxylic acids is 1. The molecule has 0 saturated carbocycles. The van der Waals surface area contributed by atoms with E-state index in [4.69, 9.17) is 10.2 Å². The van der Waals surface area contributed by atoms with Crippen molar-refractivity contribution in [2.75, 3.05) is 6.54 Å². The molecule has 0 spiro atoms. The van der Waals surface area contributed by atoms with Crippen molar-refractivity contribution in [3.05, 3.63) is 30.1 Å². The molecule has 1 heterocycles. The van der Waals surface area contributed by atoms with Gasteiger partial charge < -0.3 is 20.1 Å². The quantitative estimate of drug-likeness (QED) is 0.378. The van der Waals surface area contributed by atoms with Crippen LogP contribution in [0.3, 0.4) is 0 Å². The molecule has 1 aromatic heterocycles. The monoisotopic (exact) mass is 431 g/mol. The molecule has 2 rings (SSSR count). The van der Waals surface area contributed by atoms with Gasteiger partial charge in [-0.25, -0.2) is 14.5 Å². The zero-order valence-corrected chi connectivity index (χ0v) is 14.6. The van der Waals surface area contributed by atoms with E-state index < -0.39 is 49.2 Å². The second-order valence-electron chi connectivity index (χ2n) is 5.61. The van der Waals surface area contributed by atoms with Crippen molar-refractivity contribution in [1.29, 1.82) is 0 Å². The van der Waals surface area contributed by atoms with Crippen LogP contribution in [-0.4, -0.2) is 77.5 Å². The van der Waals surface area contributed by atoms with E-state index in [2.05, 4.69) is 25.1 Å². The van der Waals surface area contributed by atoms with Crippen molar-refractivity contribution in [1.82, 2.24) is 25.3 Å². The molecule has 1 unspecified atom stereocenters. The van der Waals surface area contributed by atoms with Gasteiger partial charge in [0.2, 0.25) is 5.82 Å². The summed E-state index contributed by atoms with van der Waals surface area (Å²) in [6.45, 7) is -1.80. The first-order valence-corrected chi connectivity index (χ1v) is 7.78. The van der Waals surface area contributed by atoms with Gasteiger partial charge in [-0.15, -0.1) is 20.4 Å². The summed E-state index contributed by atoms with van der Waals surface area (Å²) in [7, 11) is 0. The number of nitrogens with zero attached hydrogens (tertiary/aromatic N) is 5. The summed E-state index contributed by atoms with van der Waals surface area (Å²) >= 11 is 0. The Hall–Kier alpha value is -3.88. The molecule has 0 aliphatic heterocycles. The Morgan fingerprint density at radius 2 is 1.77 bits per heavy atom. The lowest BCUT2D eigenvalue weighted by Crippen LogP contribution is -2.48. The number of rotatable bonds is 8. The molecule has 12 nitrogen and oxygen atoms in total. The molecule has 0 amide bonds. The maximum atomic E-state index is 12.4. The van der Waals surface area contributed by atoms with Gasteiger partial charge in [0.25, 0.3) is 6.23 Å². The van der Waals surface area contributed by atoms with E-state index in [0.717, 1.165) is 12.4 Å². The fourth-order valence-electron chi connectivity index (χ4n) is 2.22. The van der Waals surface area contributed by atoms with Crippen molar-refractivity contribution < 1.29 is 47.6 Å². The molecular weight excluding hydrogens is 419 g/mol. The minimum Gasteiger partial charge on any atom is -0.508 e. The van der Waals surface area contributed by atoms with Crippen LogP contribution in [0.15, 0.2) is 24.5 Å². The fourth-order valence-corrected chi connectivity index (χ4v) is 2.22. The number of benzene rings is 1. The Morgan fingerprint density at radius 1 is 1.13 bits per heavy atom. The van der Waals surface area contributed by atoms with Gasteiger partial charge >= 0.3 is 24.1 Å². The van der Waals surface area contributed by atoms with Crippen LogP contribution < -0.4 is 0 Å². The van der Waals surface area contributed by atoms with Gasteiger partial charge in [0.05, 0.1) is 0 Å². The number of carbonyl (C=O) groups is 3. The molecule has 0 aliphatic carbocycles. The van der Waals surface area contributed by atoms with E-state index >= 15 is 0 Å². The van der Waals surface area contributed by atoms with E-state index in [0.29, 0.717) is 4.90 Å². The lowest BCUT2D eigenvalue weighted by atomic mass is 10.1. The number of aromatic nitrogens is 4. The summed E-state index contributed by atoms with van der Waals surface area (Å²) in [6.07, 6.45) is -7.01. The zero-order valence-electron chi connectivity index (χ0n) is 14.6. The molecule has 160 valence electrons. The van der Waals surface area contributed by atoms with Gasteiger partial charge in [-0.2, -0.15) is 13.2 Å². The predicted molar refractivity (Wildman–Crippen MR) is 86.3 cm³/mol. The summed E-state index contributed by atoms with van der Waals surface area (Å²) in [5.41, 5.74) is 0.172. The molecule has 0 fully saturated rings. The van der Waals surface area contributed by atoms with Crippen LogP contribution in [0.5, 0.6) is 5.75 Å². The van der Waals surface area contributed by atoms with Gasteiger partial charge in [0, 0.05) is 17.7 Å². The summed E-state index contributed by atoms with van der Waals surface area (Å²) in [5, 5.41) is 42.6. The second kappa shape index (κ2) is 9.08. The smallest absolute Gasteiger partial charge is 0.491 e. The lowest BCUT2D eigenvalue weighted by molar-refractivity contribution is -0.217. The number of carboxylic acid groups (broad SMARTS) is 2. The number of esters is 1. The average Bonchev–Trinajstić information content (AvgIpc) is 2.66. The number of phenols is 1. The van der Waals surface area contributed by atoms with Crippen molar-refractivity contribution in [3.63, 3.8) is 0 Å². The first-order chi connectivity index (χ1) is 14.0. The third kappa shape index (κ3) is 5.81. The molecule has 3 N–H and O–H groups in total. The Bertz CT molecular complexity index is 942. The van der Waals surface area contributed by atoms with E-state index in [1.165, 1.54) is 12.1 Å².